The van der Waals surface area contributed by atoms with Crippen molar-refractivity contribution < 1.29 is 19.1 Å². The number of aromatic nitrogens is 2. The molecule has 1 aliphatic rings. The molecule has 2 aromatic heterocycles. The molecule has 162 valence electrons. The molecule has 1 N–H and O–H groups in total. The summed E-state index contributed by atoms with van der Waals surface area (Å²) in [5.74, 6) is -2.22. The number of benzene rings is 1. The van der Waals surface area contributed by atoms with Gasteiger partial charge >= 0.3 is 5.97 Å². The fraction of sp³-hybridized carbons (Fsp3) is 0.375. The second-order valence-electron chi connectivity index (χ2n) is 8.32. The summed E-state index contributed by atoms with van der Waals surface area (Å²) in [5.41, 5.74) is 3.35. The molecule has 0 fully saturated rings. The van der Waals surface area contributed by atoms with E-state index in [-0.39, 0.29) is 23.7 Å². The fourth-order valence-electron chi connectivity index (χ4n) is 4.62. The number of amides is 1. The zero-order valence-electron chi connectivity index (χ0n) is 17.9. The van der Waals surface area contributed by atoms with E-state index in [1.807, 2.05) is 19.1 Å². The number of carboxylic acid groups (broad SMARTS) is 1. The van der Waals surface area contributed by atoms with Crippen LogP contribution in [0, 0.1) is 5.82 Å². The van der Waals surface area contributed by atoms with Crippen LogP contribution < -0.4 is 0 Å². The first-order valence-electron chi connectivity index (χ1n) is 10.5. The smallest absolute Gasteiger partial charge is 0.310 e. The maximum atomic E-state index is 13.2. The van der Waals surface area contributed by atoms with E-state index in [9.17, 15) is 19.1 Å². The molecule has 1 aliphatic heterocycles. The average molecular weight is 423 g/mol. The number of hydrogen-bond donors (Lipinski definition) is 1. The number of carbonyl (C=O) groups excluding carboxylic acids is 1. The number of hydrogen-bond acceptors (Lipinski definition) is 3. The topological polar surface area (TPSA) is 75.4 Å². The molecule has 31 heavy (non-hydrogen) atoms. The van der Waals surface area contributed by atoms with Gasteiger partial charge in [-0.25, -0.2) is 9.37 Å². The lowest BCUT2D eigenvalue weighted by molar-refractivity contribution is -0.138. The zero-order valence-corrected chi connectivity index (χ0v) is 17.9. The second kappa shape index (κ2) is 8.13. The van der Waals surface area contributed by atoms with E-state index >= 15 is 0 Å². The molecular weight excluding hydrogens is 397 g/mol. The van der Waals surface area contributed by atoms with Crippen molar-refractivity contribution in [1.82, 2.24) is 14.5 Å². The molecule has 1 unspecified atom stereocenters. The molecule has 0 saturated carbocycles. The lowest BCUT2D eigenvalue weighted by atomic mass is 9.93. The van der Waals surface area contributed by atoms with Gasteiger partial charge in [-0.2, -0.15) is 0 Å². The van der Waals surface area contributed by atoms with Gasteiger partial charge in [-0.1, -0.05) is 12.1 Å². The van der Waals surface area contributed by atoms with E-state index in [1.54, 1.807) is 37.2 Å². The summed E-state index contributed by atoms with van der Waals surface area (Å²) in [6.45, 7) is 4.10. The van der Waals surface area contributed by atoms with Gasteiger partial charge in [0, 0.05) is 36.9 Å². The average Bonchev–Trinajstić information content (AvgIpc) is 3.11. The summed E-state index contributed by atoms with van der Waals surface area (Å²) in [7, 11) is 1.80. The minimum atomic E-state index is -0.860. The number of nitrogens with zero attached hydrogens (tertiary/aromatic N) is 3. The van der Waals surface area contributed by atoms with Gasteiger partial charge in [0.2, 0.25) is 5.91 Å². The van der Waals surface area contributed by atoms with Gasteiger partial charge in [0.1, 0.15) is 11.5 Å². The Balaban J connectivity index is 1.63. The Kier molecular flexibility index (Phi) is 5.52. The van der Waals surface area contributed by atoms with Gasteiger partial charge in [-0.3, -0.25) is 9.59 Å². The van der Waals surface area contributed by atoms with Gasteiger partial charge in [0.25, 0.3) is 0 Å². The molecule has 0 radical (unpaired) electrons. The van der Waals surface area contributed by atoms with E-state index < -0.39 is 11.9 Å². The van der Waals surface area contributed by atoms with Crippen LogP contribution in [0.2, 0.25) is 0 Å². The van der Waals surface area contributed by atoms with Gasteiger partial charge in [0.15, 0.2) is 0 Å². The Bertz CT molecular complexity index is 1140. The SMILES string of the molecule is CC(C(=O)O)c1c2n(c3ncccc13)C[C@H](N(C)C(=O)[C@H](C)c1ccc(F)cc1)CC2. The number of likely N-dealkylation sites (N-methyl/N-ethyl adjacent to an activating group) is 1. The number of carbonyl (C=O) groups is 2. The first kappa shape index (κ1) is 21.0. The largest absolute Gasteiger partial charge is 0.481 e. The highest BCUT2D eigenvalue weighted by atomic mass is 19.1. The minimum Gasteiger partial charge on any atom is -0.481 e. The quantitative estimate of drug-likeness (QED) is 0.675. The minimum absolute atomic E-state index is 0.0244. The summed E-state index contributed by atoms with van der Waals surface area (Å²) < 4.78 is 15.3. The summed E-state index contributed by atoms with van der Waals surface area (Å²) in [6.07, 6.45) is 3.13. The Hall–Kier alpha value is -3.22. The van der Waals surface area contributed by atoms with E-state index in [0.29, 0.717) is 13.0 Å². The lowest BCUT2D eigenvalue weighted by Crippen LogP contribution is -2.44. The zero-order chi connectivity index (χ0) is 22.3. The Morgan fingerprint density at radius 1 is 1.19 bits per heavy atom. The third-order valence-electron chi connectivity index (χ3n) is 6.52. The predicted molar refractivity (Wildman–Crippen MR) is 115 cm³/mol. The van der Waals surface area contributed by atoms with Crippen molar-refractivity contribution in [2.75, 3.05) is 7.05 Å². The van der Waals surface area contributed by atoms with Crippen LogP contribution in [-0.4, -0.2) is 44.5 Å². The molecular formula is C24H26FN3O3. The fourth-order valence-corrected chi connectivity index (χ4v) is 4.62. The molecule has 6 nitrogen and oxygen atoms in total. The first-order valence-corrected chi connectivity index (χ1v) is 10.5. The second-order valence-corrected chi connectivity index (χ2v) is 8.32. The van der Waals surface area contributed by atoms with Crippen LogP contribution in [0.15, 0.2) is 42.6 Å². The van der Waals surface area contributed by atoms with E-state index in [2.05, 4.69) is 9.55 Å². The van der Waals surface area contributed by atoms with Crippen molar-refractivity contribution >= 4 is 22.9 Å². The molecule has 0 spiro atoms. The Labute approximate surface area is 180 Å². The number of halogens is 1. The highest BCUT2D eigenvalue weighted by Crippen LogP contribution is 2.36. The molecule has 0 saturated heterocycles. The van der Waals surface area contributed by atoms with Crippen molar-refractivity contribution in [1.29, 1.82) is 0 Å². The molecule has 7 heteroatoms. The van der Waals surface area contributed by atoms with Crippen molar-refractivity contribution in [3.63, 3.8) is 0 Å². The van der Waals surface area contributed by atoms with Crippen LogP contribution in [0.1, 0.15) is 48.9 Å². The first-order chi connectivity index (χ1) is 14.8. The number of carboxylic acids is 1. The third-order valence-corrected chi connectivity index (χ3v) is 6.52. The van der Waals surface area contributed by atoms with Gasteiger partial charge in [-0.15, -0.1) is 0 Å². The summed E-state index contributed by atoms with van der Waals surface area (Å²) in [5, 5.41) is 10.5. The third kappa shape index (κ3) is 3.69. The van der Waals surface area contributed by atoms with Crippen molar-refractivity contribution in [2.24, 2.45) is 0 Å². The Morgan fingerprint density at radius 3 is 2.58 bits per heavy atom. The predicted octanol–water partition coefficient (Wildman–Crippen LogP) is 3.94. The number of rotatable bonds is 5. The molecule has 0 bridgehead atoms. The maximum Gasteiger partial charge on any atom is 0.310 e. The molecule has 1 aromatic carbocycles. The molecule has 3 atom stereocenters. The normalized spacial score (nSPS) is 17.7. The summed E-state index contributed by atoms with van der Waals surface area (Å²) in [4.78, 5) is 31.1. The van der Waals surface area contributed by atoms with Crippen LogP contribution in [0.25, 0.3) is 11.0 Å². The van der Waals surface area contributed by atoms with Gasteiger partial charge in [0.05, 0.1) is 11.8 Å². The van der Waals surface area contributed by atoms with E-state index in [1.165, 1.54) is 12.1 Å². The van der Waals surface area contributed by atoms with Crippen LogP contribution in [0.4, 0.5) is 4.39 Å². The van der Waals surface area contributed by atoms with Crippen molar-refractivity contribution in [3.8, 4) is 0 Å². The monoisotopic (exact) mass is 423 g/mol. The standard InChI is InChI=1S/C24H26FN3O3/c1-14(16-6-8-17(25)9-7-16)23(29)27(3)18-10-11-20-21(15(2)24(30)31)19-5-4-12-26-22(19)28(20)13-18/h4-9,12,14-15,18H,10-11,13H2,1-3H3,(H,30,31)/t14-,15?,18-/m1/s1. The van der Waals surface area contributed by atoms with Crippen molar-refractivity contribution in [2.45, 2.75) is 51.1 Å². The number of aliphatic carboxylic acids is 1. The van der Waals surface area contributed by atoms with Crippen LogP contribution in [0.3, 0.4) is 0 Å². The maximum absolute atomic E-state index is 13.2. The molecule has 1 amide bonds. The summed E-state index contributed by atoms with van der Waals surface area (Å²) in [6, 6.07) is 9.74. The van der Waals surface area contributed by atoms with Crippen LogP contribution in [-0.2, 0) is 22.6 Å². The van der Waals surface area contributed by atoms with Gasteiger partial charge in [-0.05, 0) is 62.1 Å². The molecule has 0 aliphatic carbocycles. The molecule has 4 rings (SSSR count). The number of fused-ring (bicyclic) bond motifs is 3. The van der Waals surface area contributed by atoms with Crippen LogP contribution in [0.5, 0.6) is 0 Å². The van der Waals surface area contributed by atoms with Crippen LogP contribution >= 0.6 is 0 Å². The number of pyridine rings is 1. The lowest BCUT2D eigenvalue weighted by Gasteiger charge is -2.34. The highest BCUT2D eigenvalue weighted by Gasteiger charge is 2.33. The van der Waals surface area contributed by atoms with Gasteiger partial charge < -0.3 is 14.6 Å². The highest BCUT2D eigenvalue weighted by molar-refractivity contribution is 5.89. The van der Waals surface area contributed by atoms with E-state index in [0.717, 1.165) is 34.3 Å². The summed E-state index contributed by atoms with van der Waals surface area (Å²) >= 11 is 0. The van der Waals surface area contributed by atoms with Crippen molar-refractivity contribution in [3.05, 3.63) is 65.2 Å². The Morgan fingerprint density at radius 2 is 1.90 bits per heavy atom. The van der Waals surface area contributed by atoms with E-state index in [4.69, 9.17) is 0 Å². The molecule has 3 heterocycles. The molecule has 3 aromatic rings.